The highest BCUT2D eigenvalue weighted by atomic mass is 19.1. The average Bonchev–Trinajstić information content (AvgIpc) is 2.86. The zero-order valence-corrected chi connectivity index (χ0v) is 20.4. The number of aliphatic hydroxyl groups is 1. The molecule has 0 unspecified atom stereocenters. The molecule has 5 nitrogen and oxygen atoms in total. The molecule has 0 aliphatic heterocycles. The molecule has 0 fully saturated rings. The number of amides is 2. The molecule has 0 saturated heterocycles. The number of anilines is 1. The monoisotopic (exact) mass is 493 g/mol. The van der Waals surface area contributed by atoms with E-state index < -0.39 is 29.8 Å². The summed E-state index contributed by atoms with van der Waals surface area (Å²) in [7, 11) is 0. The molecule has 0 aromatic heterocycles. The lowest BCUT2D eigenvalue weighted by atomic mass is 9.86. The number of carbonyl (C=O) groups is 1. The predicted molar refractivity (Wildman–Crippen MR) is 138 cm³/mol. The minimum absolute atomic E-state index is 0.0704. The first-order valence-corrected chi connectivity index (χ1v) is 12.5. The summed E-state index contributed by atoms with van der Waals surface area (Å²) >= 11 is 0. The van der Waals surface area contributed by atoms with E-state index in [1.807, 2.05) is 6.07 Å². The van der Waals surface area contributed by atoms with Crippen molar-refractivity contribution in [3.63, 3.8) is 0 Å². The highest BCUT2D eigenvalue weighted by Crippen LogP contribution is 2.30. The van der Waals surface area contributed by atoms with Crippen LogP contribution in [0.4, 0.5) is 19.3 Å². The molecule has 0 saturated carbocycles. The van der Waals surface area contributed by atoms with Gasteiger partial charge in [-0.05, 0) is 78.6 Å². The van der Waals surface area contributed by atoms with Gasteiger partial charge in [0.05, 0.1) is 12.1 Å². The summed E-state index contributed by atoms with van der Waals surface area (Å²) in [5.41, 5.74) is 4.80. The van der Waals surface area contributed by atoms with E-state index in [4.69, 9.17) is 0 Å². The normalized spacial score (nSPS) is 16.6. The second-order valence-electron chi connectivity index (χ2n) is 9.36. The predicted octanol–water partition coefficient (Wildman–Crippen LogP) is 5.29. The summed E-state index contributed by atoms with van der Waals surface area (Å²) in [5, 5.41) is 20.1. The largest absolute Gasteiger partial charge is 0.390 e. The number of rotatable bonds is 9. The van der Waals surface area contributed by atoms with Crippen molar-refractivity contribution in [1.82, 2.24) is 10.6 Å². The second-order valence-corrected chi connectivity index (χ2v) is 9.36. The molecule has 4 rings (SSSR count). The number of aryl methyl sites for hydroxylation is 2. The van der Waals surface area contributed by atoms with E-state index in [0.717, 1.165) is 31.7 Å². The van der Waals surface area contributed by atoms with E-state index in [2.05, 4.69) is 41.1 Å². The number of urea groups is 1. The van der Waals surface area contributed by atoms with E-state index in [1.54, 1.807) is 24.3 Å². The first-order chi connectivity index (χ1) is 17.4. The van der Waals surface area contributed by atoms with Crippen molar-refractivity contribution in [2.24, 2.45) is 0 Å². The number of nitrogens with one attached hydrogen (secondary N) is 3. The topological polar surface area (TPSA) is 73.4 Å². The van der Waals surface area contributed by atoms with E-state index in [0.29, 0.717) is 11.3 Å². The summed E-state index contributed by atoms with van der Waals surface area (Å²) in [6, 6.07) is 17.6. The van der Waals surface area contributed by atoms with Crippen LogP contribution in [0.1, 0.15) is 48.1 Å². The summed E-state index contributed by atoms with van der Waals surface area (Å²) in [6.45, 7) is 2.34. The molecular weight excluding hydrogens is 460 g/mol. The maximum Gasteiger partial charge on any atom is 0.319 e. The van der Waals surface area contributed by atoms with Crippen molar-refractivity contribution in [3.8, 4) is 0 Å². The lowest BCUT2D eigenvalue weighted by molar-refractivity contribution is 0.123. The molecule has 3 aromatic carbocycles. The molecule has 0 spiro atoms. The second kappa shape index (κ2) is 12.1. The van der Waals surface area contributed by atoms with E-state index >= 15 is 0 Å². The SMILES string of the molecule is CCc1ccc2c(c1)[C@@H](NC[C@H](O)[C@H](Cc1cc(F)cc(F)c1)NC(=O)Nc1ccccc1)CCC2. The fourth-order valence-corrected chi connectivity index (χ4v) is 4.81. The van der Waals surface area contributed by atoms with Crippen LogP contribution in [0, 0.1) is 11.6 Å². The highest BCUT2D eigenvalue weighted by molar-refractivity contribution is 5.89. The lowest BCUT2D eigenvalue weighted by Gasteiger charge is -2.30. The number of aliphatic hydroxyl groups excluding tert-OH is 1. The van der Waals surface area contributed by atoms with Gasteiger partial charge in [-0.2, -0.15) is 0 Å². The molecule has 0 bridgehead atoms. The van der Waals surface area contributed by atoms with Crippen molar-refractivity contribution in [3.05, 3.63) is 101 Å². The number of carbonyl (C=O) groups excluding carboxylic acids is 1. The molecule has 2 amide bonds. The molecule has 0 radical (unpaired) electrons. The minimum Gasteiger partial charge on any atom is -0.390 e. The Labute approximate surface area is 210 Å². The van der Waals surface area contributed by atoms with Crippen molar-refractivity contribution < 1.29 is 18.7 Å². The average molecular weight is 494 g/mol. The third-order valence-electron chi connectivity index (χ3n) is 6.70. The Morgan fingerprint density at radius 2 is 1.78 bits per heavy atom. The summed E-state index contributed by atoms with van der Waals surface area (Å²) in [4.78, 5) is 12.7. The number of hydrogen-bond donors (Lipinski definition) is 4. The zero-order valence-electron chi connectivity index (χ0n) is 20.4. The smallest absolute Gasteiger partial charge is 0.319 e. The van der Waals surface area contributed by atoms with Gasteiger partial charge in [0.2, 0.25) is 0 Å². The van der Waals surface area contributed by atoms with Gasteiger partial charge in [0.1, 0.15) is 11.6 Å². The van der Waals surface area contributed by atoms with Crippen molar-refractivity contribution in [2.45, 2.75) is 57.2 Å². The number of hydrogen-bond acceptors (Lipinski definition) is 3. The van der Waals surface area contributed by atoms with Gasteiger partial charge in [-0.15, -0.1) is 0 Å². The Morgan fingerprint density at radius 1 is 1.03 bits per heavy atom. The molecule has 3 aromatic rings. The summed E-state index contributed by atoms with van der Waals surface area (Å²) in [6.07, 6.45) is 3.08. The quantitative estimate of drug-likeness (QED) is 0.327. The van der Waals surface area contributed by atoms with Crippen LogP contribution in [0.15, 0.2) is 66.7 Å². The fourth-order valence-electron chi connectivity index (χ4n) is 4.81. The summed E-state index contributed by atoms with van der Waals surface area (Å²) in [5.74, 6) is -1.40. The third kappa shape index (κ3) is 6.89. The Bertz CT molecular complexity index is 1150. The molecule has 7 heteroatoms. The fraction of sp³-hybridized carbons (Fsp3) is 0.345. The van der Waals surface area contributed by atoms with Crippen molar-refractivity contribution in [2.75, 3.05) is 11.9 Å². The van der Waals surface area contributed by atoms with Gasteiger partial charge in [0, 0.05) is 24.3 Å². The van der Waals surface area contributed by atoms with Crippen LogP contribution in [0.25, 0.3) is 0 Å². The number of benzene rings is 3. The van der Waals surface area contributed by atoms with Gasteiger partial charge >= 0.3 is 6.03 Å². The maximum absolute atomic E-state index is 13.8. The van der Waals surface area contributed by atoms with Gasteiger partial charge in [-0.25, -0.2) is 13.6 Å². The van der Waals surface area contributed by atoms with Gasteiger partial charge in [-0.3, -0.25) is 0 Å². The van der Waals surface area contributed by atoms with Crippen molar-refractivity contribution >= 4 is 11.7 Å². The molecule has 1 aliphatic carbocycles. The Kier molecular flexibility index (Phi) is 8.67. The first kappa shape index (κ1) is 25.8. The molecule has 1 aliphatic rings. The van der Waals surface area contributed by atoms with Gasteiger partial charge in [0.25, 0.3) is 0 Å². The van der Waals surface area contributed by atoms with E-state index in [1.165, 1.54) is 28.8 Å². The van der Waals surface area contributed by atoms with Gasteiger partial charge < -0.3 is 21.1 Å². The van der Waals surface area contributed by atoms with E-state index in [-0.39, 0.29) is 19.0 Å². The standard InChI is InChI=1S/C29H33F2N3O2/c1-2-19-11-12-21-7-6-10-26(25(21)15-19)32-18-28(35)27(16-20-13-22(30)17-23(31)14-20)34-29(36)33-24-8-4-3-5-9-24/h3-5,8-9,11-15,17,26-28,32,35H,2,6-7,10,16,18H2,1H3,(H2,33,34,36)/t26-,27-,28-/m0/s1. The lowest BCUT2D eigenvalue weighted by Crippen LogP contribution is -2.50. The van der Waals surface area contributed by atoms with Crippen LogP contribution in [-0.4, -0.2) is 29.8 Å². The van der Waals surface area contributed by atoms with Gasteiger partial charge in [0.15, 0.2) is 0 Å². The Hall–Kier alpha value is -3.29. The van der Waals surface area contributed by atoms with Crippen LogP contribution in [0.5, 0.6) is 0 Å². The number of fused-ring (bicyclic) bond motifs is 1. The van der Waals surface area contributed by atoms with Crippen LogP contribution >= 0.6 is 0 Å². The Morgan fingerprint density at radius 3 is 2.50 bits per heavy atom. The van der Waals surface area contributed by atoms with Crippen molar-refractivity contribution in [1.29, 1.82) is 0 Å². The molecule has 4 N–H and O–H groups in total. The van der Waals surface area contributed by atoms with E-state index in [9.17, 15) is 18.7 Å². The van der Waals surface area contributed by atoms with Crippen LogP contribution in [0.3, 0.4) is 0 Å². The molecular formula is C29H33F2N3O2. The molecule has 3 atom stereocenters. The molecule has 0 heterocycles. The minimum atomic E-state index is -0.988. The summed E-state index contributed by atoms with van der Waals surface area (Å²) < 4.78 is 27.6. The first-order valence-electron chi connectivity index (χ1n) is 12.5. The number of halogens is 2. The van der Waals surface area contributed by atoms with Crippen LogP contribution < -0.4 is 16.0 Å². The number of para-hydroxylation sites is 1. The highest BCUT2D eigenvalue weighted by Gasteiger charge is 2.26. The van der Waals surface area contributed by atoms with Crippen LogP contribution in [-0.2, 0) is 19.3 Å². The molecule has 190 valence electrons. The van der Waals surface area contributed by atoms with Crippen LogP contribution in [0.2, 0.25) is 0 Å². The van der Waals surface area contributed by atoms with Gasteiger partial charge in [-0.1, -0.05) is 43.3 Å². The third-order valence-corrected chi connectivity index (χ3v) is 6.70. The Balaban J connectivity index is 1.47. The maximum atomic E-state index is 13.8. The molecule has 36 heavy (non-hydrogen) atoms. The zero-order chi connectivity index (χ0) is 25.5.